The molecule has 1 atom stereocenters. The maximum absolute atomic E-state index is 13.8. The molecule has 2 aromatic carbocycles. The molecule has 2 aromatic heterocycles. The number of carbonyl (C=O) groups excluding carboxylic acids is 2. The maximum Gasteiger partial charge on any atom is 0.237 e. The van der Waals surface area contributed by atoms with E-state index in [0.717, 1.165) is 47.4 Å². The zero-order chi connectivity index (χ0) is 32.2. The van der Waals surface area contributed by atoms with Crippen LogP contribution >= 0.6 is 0 Å². The van der Waals surface area contributed by atoms with Gasteiger partial charge >= 0.3 is 0 Å². The number of hydrogen-bond acceptors (Lipinski definition) is 9. The lowest BCUT2D eigenvalue weighted by atomic mass is 9.87. The van der Waals surface area contributed by atoms with Crippen molar-refractivity contribution >= 4 is 39.8 Å². The molecule has 2 N–H and O–H groups in total. The van der Waals surface area contributed by atoms with Crippen molar-refractivity contribution in [2.45, 2.75) is 12.8 Å². The molecule has 3 aliphatic heterocycles. The van der Waals surface area contributed by atoms with Gasteiger partial charge in [0.25, 0.3) is 0 Å². The van der Waals surface area contributed by atoms with Gasteiger partial charge in [0.15, 0.2) is 11.6 Å². The van der Waals surface area contributed by atoms with Crippen molar-refractivity contribution in [3.05, 3.63) is 72.6 Å². The number of carbonyl (C=O) groups is 2. The molecule has 5 heterocycles. The van der Waals surface area contributed by atoms with Crippen LogP contribution in [-0.2, 0) is 19.1 Å². The van der Waals surface area contributed by atoms with Crippen LogP contribution in [0.2, 0.25) is 0 Å². The number of H-pyrrole nitrogens is 1. The first-order valence-electron chi connectivity index (χ1n) is 16.2. The molecule has 2 fully saturated rings. The van der Waals surface area contributed by atoms with Crippen LogP contribution in [0.3, 0.4) is 0 Å². The topological polar surface area (TPSA) is 129 Å². The van der Waals surface area contributed by atoms with Crippen LogP contribution in [0.25, 0.3) is 27.9 Å². The Morgan fingerprint density at radius 2 is 1.81 bits per heavy atom. The summed E-state index contributed by atoms with van der Waals surface area (Å²) >= 11 is 0. The summed E-state index contributed by atoms with van der Waals surface area (Å²) in [5, 5.41) is 11.7. The molecular formula is C35H40N8O4. The zero-order valence-corrected chi connectivity index (χ0v) is 26.7. The Kier molecular flexibility index (Phi) is 8.96. The smallest absolute Gasteiger partial charge is 0.237 e. The van der Waals surface area contributed by atoms with Crippen molar-refractivity contribution in [2.24, 2.45) is 5.41 Å². The molecule has 244 valence electrons. The van der Waals surface area contributed by atoms with Crippen molar-refractivity contribution in [1.82, 2.24) is 30.0 Å². The molecule has 0 bridgehead atoms. The number of nitrogens with zero attached hydrogens (tertiary/aromatic N) is 6. The van der Waals surface area contributed by atoms with Crippen LogP contribution in [0, 0.1) is 5.41 Å². The third kappa shape index (κ3) is 6.62. The number of morpholine rings is 1. The van der Waals surface area contributed by atoms with Crippen molar-refractivity contribution in [1.29, 1.82) is 0 Å². The Morgan fingerprint density at radius 1 is 1.02 bits per heavy atom. The fourth-order valence-corrected chi connectivity index (χ4v) is 6.83. The number of methoxy groups -OCH3 is 1. The Morgan fingerprint density at radius 3 is 2.55 bits per heavy atom. The predicted octanol–water partition coefficient (Wildman–Crippen LogP) is 3.45. The second kappa shape index (κ2) is 13.6. The molecule has 12 heteroatoms. The van der Waals surface area contributed by atoms with Crippen molar-refractivity contribution in [3.8, 4) is 11.4 Å². The molecule has 4 aromatic rings. The third-order valence-electron chi connectivity index (χ3n) is 9.45. The molecule has 12 nitrogen and oxygen atoms in total. The zero-order valence-electron chi connectivity index (χ0n) is 26.7. The van der Waals surface area contributed by atoms with Crippen LogP contribution in [0.5, 0.6) is 0 Å². The van der Waals surface area contributed by atoms with Gasteiger partial charge in [0.2, 0.25) is 11.8 Å². The number of hydrogen-bond donors (Lipinski definition) is 2. The number of amides is 2. The second-order valence-electron chi connectivity index (χ2n) is 12.5. The highest BCUT2D eigenvalue weighted by Crippen LogP contribution is 2.34. The number of fused-ring (bicyclic) bond motifs is 1. The number of benzene rings is 2. The van der Waals surface area contributed by atoms with E-state index in [-0.39, 0.29) is 25.0 Å². The van der Waals surface area contributed by atoms with Gasteiger partial charge in [0.05, 0.1) is 37.3 Å². The van der Waals surface area contributed by atoms with Gasteiger partial charge in [-0.2, -0.15) is 5.10 Å². The van der Waals surface area contributed by atoms with E-state index in [1.165, 1.54) is 5.57 Å². The highest BCUT2D eigenvalue weighted by molar-refractivity contribution is 5.99. The molecule has 0 aliphatic carbocycles. The first-order valence-corrected chi connectivity index (χ1v) is 16.2. The van der Waals surface area contributed by atoms with Gasteiger partial charge in [0, 0.05) is 68.9 Å². The van der Waals surface area contributed by atoms with Crippen LogP contribution in [0.1, 0.15) is 18.4 Å². The van der Waals surface area contributed by atoms with E-state index in [9.17, 15) is 9.59 Å². The fraction of sp³-hybridized carbons (Fsp3) is 0.400. The van der Waals surface area contributed by atoms with E-state index in [4.69, 9.17) is 9.47 Å². The number of anilines is 2. The molecule has 2 saturated heterocycles. The number of aromatic amines is 1. The minimum absolute atomic E-state index is 0.0755. The van der Waals surface area contributed by atoms with E-state index in [0.29, 0.717) is 57.3 Å². The highest BCUT2D eigenvalue weighted by Gasteiger charge is 2.45. The molecule has 0 spiro atoms. The van der Waals surface area contributed by atoms with E-state index >= 15 is 0 Å². The van der Waals surface area contributed by atoms with Gasteiger partial charge in [0.1, 0.15) is 0 Å². The molecule has 0 unspecified atom stereocenters. The summed E-state index contributed by atoms with van der Waals surface area (Å²) in [6.45, 7) is 5.77. The fourth-order valence-electron chi connectivity index (χ4n) is 6.83. The van der Waals surface area contributed by atoms with Crippen LogP contribution in [-0.4, -0.2) is 115 Å². The largest absolute Gasteiger partial charge is 0.384 e. The molecular weight excluding hydrogens is 596 g/mol. The summed E-state index contributed by atoms with van der Waals surface area (Å²) in [5.74, 6) is 1.55. The summed E-state index contributed by atoms with van der Waals surface area (Å²) in [4.78, 5) is 42.0. The minimum atomic E-state index is -0.751. The first kappa shape index (κ1) is 31.0. The Labute approximate surface area is 273 Å². The summed E-state index contributed by atoms with van der Waals surface area (Å²) in [7, 11) is 1.62. The minimum Gasteiger partial charge on any atom is -0.384 e. The number of rotatable bonds is 9. The van der Waals surface area contributed by atoms with Crippen LogP contribution < -0.4 is 10.2 Å². The summed E-state index contributed by atoms with van der Waals surface area (Å²) in [6, 6.07) is 15.9. The van der Waals surface area contributed by atoms with E-state index in [2.05, 4.69) is 53.5 Å². The highest BCUT2D eigenvalue weighted by atomic mass is 16.5. The van der Waals surface area contributed by atoms with Crippen molar-refractivity contribution in [2.75, 3.05) is 83.0 Å². The Bertz CT molecular complexity index is 1750. The SMILES string of the molecule is COC[C@@]1(C(=O)Nc2ccc3[nH]nc(N4CCOCC4)c3c2)CCN(CC(=O)N2CC=C(c3ccc(-c4ncccn4)cc3)CC2)C1. The Hall–Kier alpha value is -4.65. The quantitative estimate of drug-likeness (QED) is 0.284. The molecule has 3 aliphatic rings. The lowest BCUT2D eigenvalue weighted by molar-refractivity contribution is -0.133. The van der Waals surface area contributed by atoms with Gasteiger partial charge in [-0.15, -0.1) is 0 Å². The monoisotopic (exact) mass is 636 g/mol. The third-order valence-corrected chi connectivity index (χ3v) is 9.45. The number of likely N-dealkylation sites (tertiary alicyclic amines) is 1. The van der Waals surface area contributed by atoms with Gasteiger partial charge in [-0.25, -0.2) is 9.97 Å². The van der Waals surface area contributed by atoms with Crippen molar-refractivity contribution in [3.63, 3.8) is 0 Å². The lowest BCUT2D eigenvalue weighted by Crippen LogP contribution is -2.45. The molecule has 0 saturated carbocycles. The lowest BCUT2D eigenvalue weighted by Gasteiger charge is -2.30. The maximum atomic E-state index is 13.8. The van der Waals surface area contributed by atoms with Gasteiger partial charge in [-0.3, -0.25) is 19.6 Å². The van der Waals surface area contributed by atoms with Gasteiger partial charge in [-0.05, 0) is 54.8 Å². The van der Waals surface area contributed by atoms with Gasteiger partial charge < -0.3 is 24.6 Å². The van der Waals surface area contributed by atoms with E-state index in [1.54, 1.807) is 25.6 Å². The number of nitrogens with one attached hydrogen (secondary N) is 2. The molecule has 0 radical (unpaired) electrons. The standard InChI is InChI=1S/C35H40N8O4/c1-46-24-35(34(45)38-28-7-8-30-29(21-28)33(40-39-30)43-17-19-47-20-18-43)11-16-41(23-35)22-31(44)42-14-9-26(10-15-42)25-3-5-27(6-4-25)32-36-12-2-13-37-32/h2-9,12-13,21H,10-11,14-20,22-24H2,1H3,(H,38,45)(H,39,40)/t35-/m1/s1. The normalized spacial score (nSPS) is 20.4. The van der Waals surface area contributed by atoms with Crippen molar-refractivity contribution < 1.29 is 19.1 Å². The molecule has 2 amide bonds. The molecule has 47 heavy (non-hydrogen) atoms. The first-order chi connectivity index (χ1) is 23.0. The summed E-state index contributed by atoms with van der Waals surface area (Å²) < 4.78 is 11.1. The number of ether oxygens (including phenoxy) is 2. The average molecular weight is 637 g/mol. The number of aromatic nitrogens is 4. The van der Waals surface area contributed by atoms with E-state index < -0.39 is 5.41 Å². The average Bonchev–Trinajstić information content (AvgIpc) is 3.74. The van der Waals surface area contributed by atoms with Gasteiger partial charge in [-0.1, -0.05) is 30.3 Å². The van der Waals surface area contributed by atoms with E-state index in [1.807, 2.05) is 35.2 Å². The summed E-state index contributed by atoms with van der Waals surface area (Å²) in [6.07, 6.45) is 7.03. The Balaban J connectivity index is 0.961. The van der Waals surface area contributed by atoms with Crippen LogP contribution in [0.4, 0.5) is 11.5 Å². The van der Waals surface area contributed by atoms with Crippen LogP contribution in [0.15, 0.2) is 67.0 Å². The second-order valence-corrected chi connectivity index (χ2v) is 12.5. The summed E-state index contributed by atoms with van der Waals surface area (Å²) in [5.41, 5.74) is 4.23. The molecule has 7 rings (SSSR count). The predicted molar refractivity (Wildman–Crippen MR) is 180 cm³/mol.